The van der Waals surface area contributed by atoms with Crippen molar-refractivity contribution in [2.45, 2.75) is 47.4 Å². The largest absolute Gasteiger partial charge is 0.251 e. The van der Waals surface area contributed by atoms with Crippen LogP contribution in [0.3, 0.4) is 0 Å². The molecule has 3 unspecified atom stereocenters. The number of hydrogen-bond donors (Lipinski definition) is 0. The fourth-order valence-corrected chi connectivity index (χ4v) is 6.14. The molecule has 144 valence electrons. The second-order valence-electron chi connectivity index (χ2n) is 8.36. The summed E-state index contributed by atoms with van der Waals surface area (Å²) in [5.74, 6) is 0. The monoisotopic (exact) mass is 392 g/mol. The van der Waals surface area contributed by atoms with Crippen molar-refractivity contribution in [2.75, 3.05) is 0 Å². The van der Waals surface area contributed by atoms with Crippen LogP contribution in [0.25, 0.3) is 0 Å². The molecular weight excluding hydrogens is 367 g/mol. The lowest BCUT2D eigenvalue weighted by molar-refractivity contribution is 0.317. The topological polar surface area (TPSA) is 17.1 Å². The van der Waals surface area contributed by atoms with Gasteiger partial charge in [-0.1, -0.05) is 92.7 Å². The van der Waals surface area contributed by atoms with Gasteiger partial charge in [-0.05, 0) is 35.1 Å². The molecule has 0 radical (unpaired) electrons. The van der Waals surface area contributed by atoms with Crippen LogP contribution in [0.15, 0.2) is 95.9 Å². The van der Waals surface area contributed by atoms with Crippen LogP contribution in [0.1, 0.15) is 37.8 Å². The highest BCUT2D eigenvalue weighted by Gasteiger charge is 2.74. The van der Waals surface area contributed by atoms with Crippen molar-refractivity contribution in [2.24, 2.45) is 0 Å². The summed E-state index contributed by atoms with van der Waals surface area (Å²) in [6.45, 7) is 4.30. The SMILES string of the molecule is CC(C)(CC1(c2ccccc2)CC1(F)S(=O)c1ccccc1)c1ccccc1. The van der Waals surface area contributed by atoms with E-state index in [0.717, 1.165) is 5.56 Å². The quantitative estimate of drug-likeness (QED) is 0.490. The minimum atomic E-state index is -1.76. The molecule has 3 aromatic rings. The van der Waals surface area contributed by atoms with Gasteiger partial charge in [-0.3, -0.25) is 4.21 Å². The lowest BCUT2D eigenvalue weighted by atomic mass is 9.73. The summed E-state index contributed by atoms with van der Waals surface area (Å²) in [5.41, 5.74) is 1.11. The molecule has 4 rings (SSSR count). The summed E-state index contributed by atoms with van der Waals surface area (Å²) in [4.78, 5) is 0.556. The highest BCUT2D eigenvalue weighted by molar-refractivity contribution is 7.86. The third-order valence-electron chi connectivity index (χ3n) is 6.00. The molecule has 1 fully saturated rings. The third-order valence-corrected chi connectivity index (χ3v) is 7.82. The van der Waals surface area contributed by atoms with Crippen molar-refractivity contribution in [3.63, 3.8) is 0 Å². The van der Waals surface area contributed by atoms with Crippen LogP contribution in [0, 0.1) is 0 Å². The highest BCUT2D eigenvalue weighted by Crippen LogP contribution is 2.67. The fourth-order valence-electron chi connectivity index (χ4n) is 4.44. The maximum absolute atomic E-state index is 16.3. The van der Waals surface area contributed by atoms with E-state index in [4.69, 9.17) is 0 Å². The first kappa shape index (κ1) is 19.1. The van der Waals surface area contributed by atoms with Crippen molar-refractivity contribution in [1.82, 2.24) is 0 Å². The van der Waals surface area contributed by atoms with Gasteiger partial charge in [-0.2, -0.15) is 0 Å². The molecule has 1 aliphatic rings. The Labute approximate surface area is 169 Å². The number of benzene rings is 3. The van der Waals surface area contributed by atoms with E-state index in [9.17, 15) is 4.21 Å². The van der Waals surface area contributed by atoms with Crippen LogP contribution in [0.5, 0.6) is 0 Å². The van der Waals surface area contributed by atoms with Gasteiger partial charge in [0, 0.05) is 16.7 Å². The van der Waals surface area contributed by atoms with Crippen molar-refractivity contribution in [3.8, 4) is 0 Å². The summed E-state index contributed by atoms with van der Waals surface area (Å²) < 4.78 is 29.6. The number of rotatable bonds is 6. The predicted octanol–water partition coefficient (Wildman–Crippen LogP) is 6.17. The van der Waals surface area contributed by atoms with Gasteiger partial charge in [-0.15, -0.1) is 0 Å². The summed E-state index contributed by atoms with van der Waals surface area (Å²) in [6, 6.07) is 29.0. The van der Waals surface area contributed by atoms with Crippen LogP contribution in [-0.4, -0.2) is 9.21 Å². The summed E-state index contributed by atoms with van der Waals surface area (Å²) >= 11 is 0. The maximum Gasteiger partial charge on any atom is 0.200 e. The van der Waals surface area contributed by atoms with E-state index in [2.05, 4.69) is 26.0 Å². The van der Waals surface area contributed by atoms with Crippen molar-refractivity contribution in [1.29, 1.82) is 0 Å². The molecule has 0 heterocycles. The summed E-state index contributed by atoms with van der Waals surface area (Å²) in [5, 5.41) is -1.76. The van der Waals surface area contributed by atoms with E-state index in [-0.39, 0.29) is 11.8 Å². The molecule has 1 nitrogen and oxygen atoms in total. The first-order valence-corrected chi connectivity index (χ1v) is 10.8. The van der Waals surface area contributed by atoms with Gasteiger partial charge < -0.3 is 0 Å². The van der Waals surface area contributed by atoms with Crippen LogP contribution in [0.2, 0.25) is 0 Å². The standard InChI is InChI=1S/C25H25FOS/c1-23(2,20-12-6-3-7-13-20)18-24(21-14-8-4-9-15-21)19-25(24,26)28(27)22-16-10-5-11-17-22/h3-17H,18-19H2,1-2H3. The molecular formula is C25H25FOS. The Kier molecular flexibility index (Phi) is 4.75. The van der Waals surface area contributed by atoms with E-state index < -0.39 is 21.2 Å². The van der Waals surface area contributed by atoms with Crippen molar-refractivity contribution < 1.29 is 8.60 Å². The second kappa shape index (κ2) is 6.97. The van der Waals surface area contributed by atoms with Crippen LogP contribution < -0.4 is 0 Å². The molecule has 28 heavy (non-hydrogen) atoms. The molecule has 0 N–H and O–H groups in total. The molecule has 1 saturated carbocycles. The van der Waals surface area contributed by atoms with Gasteiger partial charge in [-0.25, -0.2) is 4.39 Å². The van der Waals surface area contributed by atoms with Gasteiger partial charge in [0.1, 0.15) is 0 Å². The van der Waals surface area contributed by atoms with Crippen molar-refractivity contribution >= 4 is 10.8 Å². The van der Waals surface area contributed by atoms with Crippen LogP contribution in [-0.2, 0) is 21.6 Å². The van der Waals surface area contributed by atoms with Crippen LogP contribution in [0.4, 0.5) is 4.39 Å². The Hall–Kier alpha value is -2.26. The first-order chi connectivity index (χ1) is 13.4. The molecule has 0 aliphatic heterocycles. The number of hydrogen-bond acceptors (Lipinski definition) is 1. The molecule has 0 amide bonds. The van der Waals surface area contributed by atoms with Crippen molar-refractivity contribution in [3.05, 3.63) is 102 Å². The normalized spacial score (nSPS) is 25.2. The molecule has 3 atom stereocenters. The molecule has 0 bridgehead atoms. The molecule has 1 aliphatic carbocycles. The fraction of sp³-hybridized carbons (Fsp3) is 0.280. The van der Waals surface area contributed by atoms with E-state index in [1.807, 2.05) is 66.7 Å². The predicted molar refractivity (Wildman–Crippen MR) is 114 cm³/mol. The smallest absolute Gasteiger partial charge is 0.200 e. The Balaban J connectivity index is 1.75. The van der Waals surface area contributed by atoms with E-state index in [0.29, 0.717) is 11.3 Å². The molecule has 0 spiro atoms. The third kappa shape index (κ3) is 3.12. The first-order valence-electron chi connectivity index (χ1n) is 9.66. The van der Waals surface area contributed by atoms with E-state index in [1.165, 1.54) is 5.56 Å². The highest BCUT2D eigenvalue weighted by atomic mass is 32.2. The number of alkyl halides is 1. The number of halogens is 1. The Morgan fingerprint density at radius 1 is 0.857 bits per heavy atom. The van der Waals surface area contributed by atoms with E-state index >= 15 is 4.39 Å². The molecule has 3 aromatic carbocycles. The Morgan fingerprint density at radius 2 is 1.36 bits per heavy atom. The van der Waals surface area contributed by atoms with E-state index in [1.54, 1.807) is 12.1 Å². The zero-order chi connectivity index (χ0) is 19.8. The van der Waals surface area contributed by atoms with Gasteiger partial charge in [0.05, 0.1) is 10.8 Å². The zero-order valence-corrected chi connectivity index (χ0v) is 17.1. The Bertz CT molecular complexity index is 971. The van der Waals surface area contributed by atoms with Gasteiger partial charge in [0.2, 0.25) is 0 Å². The second-order valence-corrected chi connectivity index (χ2v) is 10.0. The maximum atomic E-state index is 16.3. The van der Waals surface area contributed by atoms with Crippen LogP contribution >= 0.6 is 0 Å². The summed E-state index contributed by atoms with van der Waals surface area (Å²) in [7, 11) is -1.72. The average Bonchev–Trinajstić information content (AvgIpc) is 3.34. The lowest BCUT2D eigenvalue weighted by Gasteiger charge is -2.32. The van der Waals surface area contributed by atoms with Gasteiger partial charge in [0.25, 0.3) is 0 Å². The molecule has 3 heteroatoms. The molecule has 0 saturated heterocycles. The average molecular weight is 393 g/mol. The minimum absolute atomic E-state index is 0.244. The van der Waals surface area contributed by atoms with Gasteiger partial charge in [0.15, 0.2) is 5.00 Å². The molecule has 0 aromatic heterocycles. The Morgan fingerprint density at radius 3 is 1.93 bits per heavy atom. The summed E-state index contributed by atoms with van der Waals surface area (Å²) in [6.07, 6.45) is 0.880. The lowest BCUT2D eigenvalue weighted by Crippen LogP contribution is -2.32. The zero-order valence-electron chi connectivity index (χ0n) is 16.3. The minimum Gasteiger partial charge on any atom is -0.251 e. The van der Waals surface area contributed by atoms with Gasteiger partial charge >= 0.3 is 0 Å².